The summed E-state index contributed by atoms with van der Waals surface area (Å²) in [4.78, 5) is 32.1. The van der Waals surface area contributed by atoms with Crippen LogP contribution < -0.4 is 24.4 Å². The Labute approximate surface area is 234 Å². The number of carbonyl (C=O) groups excluding carboxylic acids is 1. The number of para-hydroxylation sites is 1. The van der Waals surface area contributed by atoms with Gasteiger partial charge in [-0.15, -0.1) is 0 Å². The first-order chi connectivity index (χ1) is 19.4. The van der Waals surface area contributed by atoms with E-state index in [4.69, 9.17) is 19.2 Å². The number of fused-ring (bicyclic) bond motifs is 1. The van der Waals surface area contributed by atoms with Crippen molar-refractivity contribution in [2.24, 2.45) is 4.99 Å². The molecule has 5 rings (SSSR count). The molecule has 0 amide bonds. The molecule has 2 heterocycles. The Morgan fingerprint density at radius 1 is 1.05 bits per heavy atom. The number of aromatic nitrogens is 1. The quantitative estimate of drug-likeness (QED) is 0.297. The van der Waals surface area contributed by atoms with E-state index in [1.807, 2.05) is 49.4 Å². The Kier molecular flexibility index (Phi) is 7.93. The van der Waals surface area contributed by atoms with Gasteiger partial charge in [0.2, 0.25) is 0 Å². The fourth-order valence-electron chi connectivity index (χ4n) is 4.65. The molecule has 1 aliphatic rings. The van der Waals surface area contributed by atoms with Gasteiger partial charge in [-0.2, -0.15) is 0 Å². The minimum Gasteiger partial charge on any atom is -0.493 e. The van der Waals surface area contributed by atoms with Gasteiger partial charge in [0.05, 0.1) is 36.1 Å². The van der Waals surface area contributed by atoms with Gasteiger partial charge in [-0.25, -0.2) is 14.2 Å². The van der Waals surface area contributed by atoms with E-state index in [1.54, 1.807) is 28.8 Å². The van der Waals surface area contributed by atoms with Crippen LogP contribution in [-0.2, 0) is 16.1 Å². The van der Waals surface area contributed by atoms with Crippen molar-refractivity contribution in [1.29, 1.82) is 0 Å². The summed E-state index contributed by atoms with van der Waals surface area (Å²) in [7, 11) is 2.87. The lowest BCUT2D eigenvalue weighted by Gasteiger charge is -2.25. The Bertz CT molecular complexity index is 1760. The number of nitrogens with zero attached hydrogens (tertiary/aromatic N) is 2. The molecule has 0 N–H and O–H groups in total. The lowest BCUT2D eigenvalue weighted by Crippen LogP contribution is -2.40. The van der Waals surface area contributed by atoms with Gasteiger partial charge in [-0.1, -0.05) is 72.9 Å². The molecule has 204 valence electrons. The second kappa shape index (κ2) is 11.7. The second-order valence-electron chi connectivity index (χ2n) is 8.99. The van der Waals surface area contributed by atoms with Crippen LogP contribution in [0.5, 0.6) is 11.5 Å². The van der Waals surface area contributed by atoms with Gasteiger partial charge in [0.1, 0.15) is 12.4 Å². The highest BCUT2D eigenvalue weighted by Gasteiger charge is 2.33. The van der Waals surface area contributed by atoms with Crippen molar-refractivity contribution in [3.05, 3.63) is 126 Å². The third-order valence-corrected chi connectivity index (χ3v) is 7.56. The highest BCUT2D eigenvalue weighted by molar-refractivity contribution is 7.07. The number of carbonyl (C=O) groups is 1. The second-order valence-corrected chi connectivity index (χ2v) is 10.0. The summed E-state index contributed by atoms with van der Waals surface area (Å²) < 4.78 is 32.1. The normalized spacial score (nSPS) is 14.9. The molecule has 0 spiro atoms. The Morgan fingerprint density at radius 2 is 1.80 bits per heavy atom. The van der Waals surface area contributed by atoms with Crippen LogP contribution in [0.2, 0.25) is 0 Å². The van der Waals surface area contributed by atoms with Crippen LogP contribution >= 0.6 is 11.3 Å². The topological polar surface area (TPSA) is 79.1 Å². The van der Waals surface area contributed by atoms with Crippen molar-refractivity contribution in [1.82, 2.24) is 4.57 Å². The highest BCUT2D eigenvalue weighted by atomic mass is 32.1. The third kappa shape index (κ3) is 5.20. The SMILES string of the molecule is CCC1=C(C(=O)OC)[C@@H](c2ccccc2)n2c(s/c(=C/c3cccc(OC)c3OCc3ccc(F)cc3)c2=O)=N1. The van der Waals surface area contributed by atoms with Crippen molar-refractivity contribution in [2.75, 3.05) is 14.2 Å². The number of allylic oxidation sites excluding steroid dienone is 1. The van der Waals surface area contributed by atoms with Gasteiger partial charge in [0, 0.05) is 5.56 Å². The van der Waals surface area contributed by atoms with Crippen molar-refractivity contribution in [2.45, 2.75) is 26.0 Å². The molecular weight excluding hydrogens is 531 g/mol. The van der Waals surface area contributed by atoms with E-state index >= 15 is 0 Å². The van der Waals surface area contributed by atoms with E-state index < -0.39 is 12.0 Å². The van der Waals surface area contributed by atoms with Crippen LogP contribution in [0.1, 0.15) is 36.1 Å². The number of methoxy groups -OCH3 is 2. The molecule has 4 aromatic rings. The molecule has 0 saturated heterocycles. The zero-order valence-corrected chi connectivity index (χ0v) is 23.0. The Morgan fingerprint density at radius 3 is 2.48 bits per heavy atom. The van der Waals surface area contributed by atoms with Crippen molar-refractivity contribution in [3.8, 4) is 11.5 Å². The standard InChI is InChI=1S/C31H27FN2O5S/c1-4-23-26(30(36)38-3)27(20-9-6-5-7-10-20)34-29(35)25(40-31(34)33-23)17-21-11-8-12-24(37-2)28(21)39-18-19-13-15-22(32)16-14-19/h5-17,27H,4,18H2,1-3H3/b25-17+/t27-/m1/s1. The fraction of sp³-hybridized carbons (Fsp3) is 0.194. The average molecular weight is 559 g/mol. The minimum absolute atomic E-state index is 0.180. The van der Waals surface area contributed by atoms with Crippen LogP contribution in [-0.4, -0.2) is 24.8 Å². The van der Waals surface area contributed by atoms with Gasteiger partial charge in [0.15, 0.2) is 16.3 Å². The van der Waals surface area contributed by atoms with Crippen LogP contribution in [0.4, 0.5) is 4.39 Å². The fourth-order valence-corrected chi connectivity index (χ4v) is 5.66. The molecule has 0 bridgehead atoms. The number of ether oxygens (including phenoxy) is 3. The summed E-state index contributed by atoms with van der Waals surface area (Å²) in [6.07, 6.45) is 2.23. The molecule has 0 fully saturated rings. The number of hydrogen-bond donors (Lipinski definition) is 0. The van der Waals surface area contributed by atoms with E-state index in [-0.39, 0.29) is 18.0 Å². The van der Waals surface area contributed by atoms with Gasteiger partial charge in [-0.05, 0) is 41.8 Å². The maximum Gasteiger partial charge on any atom is 0.338 e. The van der Waals surface area contributed by atoms with Crippen LogP contribution in [0.3, 0.4) is 0 Å². The predicted molar refractivity (Wildman–Crippen MR) is 151 cm³/mol. The van der Waals surface area contributed by atoms with Crippen LogP contribution in [0, 0.1) is 5.82 Å². The summed E-state index contributed by atoms with van der Waals surface area (Å²) in [6.45, 7) is 2.10. The summed E-state index contributed by atoms with van der Waals surface area (Å²) in [5, 5.41) is 0. The van der Waals surface area contributed by atoms with E-state index in [2.05, 4.69) is 0 Å². The lowest BCUT2D eigenvalue weighted by atomic mass is 9.95. The molecule has 1 atom stereocenters. The molecule has 1 aromatic heterocycles. The molecule has 0 radical (unpaired) electrons. The third-order valence-electron chi connectivity index (χ3n) is 6.58. The van der Waals surface area contributed by atoms with E-state index in [9.17, 15) is 14.0 Å². The smallest absolute Gasteiger partial charge is 0.338 e. The molecule has 1 aliphatic heterocycles. The number of halogens is 1. The molecule has 0 saturated carbocycles. The Balaban J connectivity index is 1.65. The van der Waals surface area contributed by atoms with Gasteiger partial charge < -0.3 is 14.2 Å². The number of benzene rings is 3. The van der Waals surface area contributed by atoms with Crippen molar-refractivity contribution in [3.63, 3.8) is 0 Å². The maximum atomic E-state index is 13.9. The molecule has 0 unspecified atom stereocenters. The van der Waals surface area contributed by atoms with E-state index in [0.717, 1.165) is 11.1 Å². The zero-order chi connectivity index (χ0) is 28.2. The Hall–Kier alpha value is -4.50. The van der Waals surface area contributed by atoms with Gasteiger partial charge in [-0.3, -0.25) is 9.36 Å². The molecule has 7 nitrogen and oxygen atoms in total. The monoisotopic (exact) mass is 558 g/mol. The molecule has 40 heavy (non-hydrogen) atoms. The minimum atomic E-state index is -0.679. The van der Waals surface area contributed by atoms with Crippen LogP contribution in [0.25, 0.3) is 6.08 Å². The summed E-state index contributed by atoms with van der Waals surface area (Å²) in [5.41, 5.74) is 2.83. The first kappa shape index (κ1) is 27.1. The molecule has 9 heteroatoms. The number of hydrogen-bond acceptors (Lipinski definition) is 7. The van der Waals surface area contributed by atoms with E-state index in [1.165, 1.54) is 37.7 Å². The average Bonchev–Trinajstić information content (AvgIpc) is 3.30. The largest absolute Gasteiger partial charge is 0.493 e. The number of thiazole rings is 1. The molecule has 0 aliphatic carbocycles. The molecular formula is C31H27FN2O5S. The summed E-state index contributed by atoms with van der Waals surface area (Å²) >= 11 is 1.24. The summed E-state index contributed by atoms with van der Waals surface area (Å²) in [5.74, 6) is 0.0943. The van der Waals surface area contributed by atoms with E-state index in [0.29, 0.717) is 44.1 Å². The predicted octanol–water partition coefficient (Wildman–Crippen LogP) is 4.53. The lowest BCUT2D eigenvalue weighted by molar-refractivity contribution is -0.136. The first-order valence-corrected chi connectivity index (χ1v) is 13.5. The van der Waals surface area contributed by atoms with Gasteiger partial charge in [0.25, 0.3) is 5.56 Å². The summed E-state index contributed by atoms with van der Waals surface area (Å²) in [6, 6.07) is 20.2. The molecule has 3 aromatic carbocycles. The van der Waals surface area contributed by atoms with Crippen molar-refractivity contribution < 1.29 is 23.4 Å². The zero-order valence-electron chi connectivity index (χ0n) is 22.2. The number of rotatable bonds is 8. The highest BCUT2D eigenvalue weighted by Crippen LogP contribution is 2.33. The van der Waals surface area contributed by atoms with Gasteiger partial charge >= 0.3 is 5.97 Å². The van der Waals surface area contributed by atoms with Crippen molar-refractivity contribution >= 4 is 23.4 Å². The maximum absolute atomic E-state index is 13.9. The van der Waals surface area contributed by atoms with Crippen LogP contribution in [0.15, 0.2) is 93.9 Å². The first-order valence-electron chi connectivity index (χ1n) is 12.7. The number of esters is 1.